The summed E-state index contributed by atoms with van der Waals surface area (Å²) in [5, 5.41) is 6.54. The molecule has 0 fully saturated rings. The van der Waals surface area contributed by atoms with Gasteiger partial charge in [0.2, 0.25) is 4.96 Å². The van der Waals surface area contributed by atoms with Crippen molar-refractivity contribution >= 4 is 49.5 Å². The maximum atomic E-state index is 12.7. The predicted octanol–water partition coefficient (Wildman–Crippen LogP) is 4.30. The SMILES string of the molecule is Cc1sc2nc3sc(-c4ccc(Cl)cc4)nn3c(=O)c2c1C. The summed E-state index contributed by atoms with van der Waals surface area (Å²) in [5.41, 5.74) is 1.82. The lowest BCUT2D eigenvalue weighted by atomic mass is 10.2. The van der Waals surface area contributed by atoms with Crippen LogP contribution in [0.3, 0.4) is 0 Å². The third-order valence-corrected chi connectivity index (χ3v) is 5.93. The number of fused-ring (bicyclic) bond motifs is 2. The zero-order valence-corrected chi connectivity index (χ0v) is 14.1. The zero-order valence-electron chi connectivity index (χ0n) is 11.8. The molecule has 0 amide bonds. The molecule has 0 saturated heterocycles. The van der Waals surface area contributed by atoms with Gasteiger partial charge in [0.15, 0.2) is 0 Å². The van der Waals surface area contributed by atoms with Crippen LogP contribution >= 0.6 is 34.3 Å². The fraction of sp³-hybridized carbons (Fsp3) is 0.133. The molecule has 4 rings (SSSR count). The van der Waals surface area contributed by atoms with E-state index < -0.39 is 0 Å². The highest BCUT2D eigenvalue weighted by molar-refractivity contribution is 7.21. The van der Waals surface area contributed by atoms with Crippen molar-refractivity contribution in [2.24, 2.45) is 0 Å². The van der Waals surface area contributed by atoms with Gasteiger partial charge in [0.05, 0.1) is 5.39 Å². The zero-order chi connectivity index (χ0) is 15.4. The Hall–Kier alpha value is -1.76. The average molecular weight is 348 g/mol. The maximum Gasteiger partial charge on any atom is 0.284 e. The molecule has 4 aromatic rings. The van der Waals surface area contributed by atoms with Crippen molar-refractivity contribution in [2.75, 3.05) is 0 Å². The summed E-state index contributed by atoms with van der Waals surface area (Å²) in [6.45, 7) is 3.96. The number of aryl methyl sites for hydroxylation is 2. The summed E-state index contributed by atoms with van der Waals surface area (Å²) in [6.07, 6.45) is 0. The van der Waals surface area contributed by atoms with Gasteiger partial charge in [0, 0.05) is 15.5 Å². The fourth-order valence-corrected chi connectivity index (χ4v) is 4.43. The summed E-state index contributed by atoms with van der Waals surface area (Å²) >= 11 is 8.86. The lowest BCUT2D eigenvalue weighted by Gasteiger charge is -1.94. The van der Waals surface area contributed by atoms with E-state index in [9.17, 15) is 4.79 Å². The van der Waals surface area contributed by atoms with E-state index in [-0.39, 0.29) is 5.56 Å². The van der Waals surface area contributed by atoms with Gasteiger partial charge in [-0.2, -0.15) is 9.61 Å². The molecule has 0 saturated carbocycles. The van der Waals surface area contributed by atoms with Crippen molar-refractivity contribution in [2.45, 2.75) is 13.8 Å². The molecule has 3 aromatic heterocycles. The van der Waals surface area contributed by atoms with Gasteiger partial charge in [0.25, 0.3) is 5.56 Å². The second-order valence-electron chi connectivity index (χ2n) is 4.99. The van der Waals surface area contributed by atoms with Gasteiger partial charge >= 0.3 is 0 Å². The highest BCUT2D eigenvalue weighted by Gasteiger charge is 2.16. The van der Waals surface area contributed by atoms with Crippen molar-refractivity contribution in [3.63, 3.8) is 0 Å². The standard InChI is InChI=1S/C15H10ClN3OS2/c1-7-8(2)21-13-11(7)14(20)19-15(17-13)22-12(18-19)9-3-5-10(16)6-4-9/h3-6H,1-2H3. The fourth-order valence-electron chi connectivity index (χ4n) is 2.33. The third-order valence-electron chi connectivity index (χ3n) is 3.62. The molecule has 22 heavy (non-hydrogen) atoms. The average Bonchev–Trinajstić information content (AvgIpc) is 3.03. The van der Waals surface area contributed by atoms with Crippen molar-refractivity contribution < 1.29 is 0 Å². The summed E-state index contributed by atoms with van der Waals surface area (Å²) in [7, 11) is 0. The van der Waals surface area contributed by atoms with Crippen LogP contribution < -0.4 is 5.56 Å². The number of nitrogens with zero attached hydrogens (tertiary/aromatic N) is 3. The van der Waals surface area contributed by atoms with E-state index in [1.54, 1.807) is 11.3 Å². The minimum atomic E-state index is -0.0988. The minimum absolute atomic E-state index is 0.0988. The third kappa shape index (κ3) is 1.99. The molecule has 4 nitrogen and oxygen atoms in total. The molecule has 0 bridgehead atoms. The summed E-state index contributed by atoms with van der Waals surface area (Å²) < 4.78 is 1.40. The second kappa shape index (κ2) is 4.87. The molecule has 1 aromatic carbocycles. The molecule has 7 heteroatoms. The quantitative estimate of drug-likeness (QED) is 0.515. The highest BCUT2D eigenvalue weighted by Crippen LogP contribution is 2.30. The van der Waals surface area contributed by atoms with Gasteiger partial charge in [-0.25, -0.2) is 4.98 Å². The topological polar surface area (TPSA) is 47.3 Å². The van der Waals surface area contributed by atoms with E-state index >= 15 is 0 Å². The van der Waals surface area contributed by atoms with Gasteiger partial charge in [-0.05, 0) is 31.5 Å². The van der Waals surface area contributed by atoms with Crippen LogP contribution in [0.5, 0.6) is 0 Å². The van der Waals surface area contributed by atoms with E-state index in [0.717, 1.165) is 25.8 Å². The molecule has 0 aliphatic rings. The first-order chi connectivity index (χ1) is 10.5. The van der Waals surface area contributed by atoms with Crippen molar-refractivity contribution in [1.82, 2.24) is 14.6 Å². The Morgan fingerprint density at radius 3 is 2.59 bits per heavy atom. The van der Waals surface area contributed by atoms with Crippen LogP contribution in [0, 0.1) is 13.8 Å². The van der Waals surface area contributed by atoms with Crippen LogP contribution in [0.15, 0.2) is 29.1 Å². The first-order valence-corrected chi connectivity index (χ1v) is 8.61. The number of thiophene rings is 1. The molecule has 110 valence electrons. The van der Waals surface area contributed by atoms with Crippen molar-refractivity contribution in [3.05, 3.63) is 50.1 Å². The number of aromatic nitrogens is 3. The first-order valence-electron chi connectivity index (χ1n) is 6.60. The molecule has 3 heterocycles. The first kappa shape index (κ1) is 13.9. The Kier molecular flexibility index (Phi) is 3.07. The van der Waals surface area contributed by atoms with E-state index in [1.165, 1.54) is 15.9 Å². The van der Waals surface area contributed by atoms with Crippen LogP contribution in [-0.4, -0.2) is 14.6 Å². The summed E-state index contributed by atoms with van der Waals surface area (Å²) in [4.78, 5) is 19.8. The maximum absolute atomic E-state index is 12.7. The largest absolute Gasteiger partial charge is 0.284 e. The summed E-state index contributed by atoms with van der Waals surface area (Å²) in [6, 6.07) is 7.40. The Bertz CT molecular complexity index is 1080. The predicted molar refractivity (Wildman–Crippen MR) is 92.4 cm³/mol. The van der Waals surface area contributed by atoms with Gasteiger partial charge in [-0.3, -0.25) is 4.79 Å². The van der Waals surface area contributed by atoms with Gasteiger partial charge in [-0.15, -0.1) is 11.3 Å². The van der Waals surface area contributed by atoms with Crippen LogP contribution in [0.2, 0.25) is 5.02 Å². The van der Waals surface area contributed by atoms with Gasteiger partial charge < -0.3 is 0 Å². The van der Waals surface area contributed by atoms with E-state index in [2.05, 4.69) is 10.1 Å². The number of hydrogen-bond donors (Lipinski definition) is 0. The van der Waals surface area contributed by atoms with Crippen LogP contribution in [-0.2, 0) is 0 Å². The molecule has 0 aliphatic heterocycles. The van der Waals surface area contributed by atoms with E-state index in [4.69, 9.17) is 11.6 Å². The second-order valence-corrected chi connectivity index (χ2v) is 7.58. The highest BCUT2D eigenvalue weighted by atomic mass is 35.5. The normalized spacial score (nSPS) is 11.6. The number of halogens is 1. The van der Waals surface area contributed by atoms with E-state index in [0.29, 0.717) is 15.4 Å². The Labute approximate surface area is 138 Å². The number of rotatable bonds is 1. The minimum Gasteiger partial charge on any atom is -0.266 e. The van der Waals surface area contributed by atoms with Gasteiger partial charge in [0.1, 0.15) is 9.84 Å². The molecule has 0 unspecified atom stereocenters. The number of benzene rings is 1. The molecular formula is C15H10ClN3OS2. The lowest BCUT2D eigenvalue weighted by Crippen LogP contribution is -2.14. The molecule has 0 N–H and O–H groups in total. The number of hydrogen-bond acceptors (Lipinski definition) is 5. The van der Waals surface area contributed by atoms with Crippen LogP contribution in [0.4, 0.5) is 0 Å². The van der Waals surface area contributed by atoms with E-state index in [1.807, 2.05) is 38.1 Å². The Balaban J connectivity index is 2.02. The Morgan fingerprint density at radius 1 is 1.14 bits per heavy atom. The smallest absolute Gasteiger partial charge is 0.266 e. The monoisotopic (exact) mass is 347 g/mol. The molecular weight excluding hydrogens is 338 g/mol. The molecule has 0 aliphatic carbocycles. The van der Waals surface area contributed by atoms with Crippen molar-refractivity contribution in [3.8, 4) is 10.6 Å². The van der Waals surface area contributed by atoms with Crippen LogP contribution in [0.1, 0.15) is 10.4 Å². The van der Waals surface area contributed by atoms with Crippen molar-refractivity contribution in [1.29, 1.82) is 0 Å². The molecule has 0 spiro atoms. The molecule has 0 radical (unpaired) electrons. The molecule has 0 atom stereocenters. The Morgan fingerprint density at radius 2 is 1.86 bits per heavy atom. The lowest BCUT2D eigenvalue weighted by molar-refractivity contribution is 0.920. The van der Waals surface area contributed by atoms with Gasteiger partial charge in [-0.1, -0.05) is 35.1 Å². The van der Waals surface area contributed by atoms with Crippen LogP contribution in [0.25, 0.3) is 25.7 Å². The summed E-state index contributed by atoms with van der Waals surface area (Å²) in [5.74, 6) is 0.